The Labute approximate surface area is 396 Å². The Kier molecular flexibility index (Phi) is 20.7. The van der Waals surface area contributed by atoms with Gasteiger partial charge in [-0.2, -0.15) is 0 Å². The normalized spacial score (nSPS) is 14.4. The number of nitrogens with two attached hydrogens (primary N) is 1. The van der Waals surface area contributed by atoms with Crippen LogP contribution in [0.25, 0.3) is 10.9 Å². The van der Waals surface area contributed by atoms with Gasteiger partial charge in [0.05, 0.1) is 6.42 Å². The fourth-order valence-corrected chi connectivity index (χ4v) is 8.01. The van der Waals surface area contributed by atoms with Crippen LogP contribution in [0.2, 0.25) is 0 Å². The van der Waals surface area contributed by atoms with E-state index < -0.39 is 102 Å². The lowest BCUT2D eigenvalue weighted by Crippen LogP contribution is -2.60. The van der Waals surface area contributed by atoms with Crippen LogP contribution in [0.1, 0.15) is 95.8 Å². The first-order chi connectivity index (χ1) is 32.4. The predicted octanol–water partition coefficient (Wildman–Crippen LogP) is 3.25. The van der Waals surface area contributed by atoms with Gasteiger partial charge in [0.2, 0.25) is 35.4 Å². The lowest BCUT2D eigenvalue weighted by Gasteiger charge is -2.31. The Morgan fingerprint density at radius 2 is 1.15 bits per heavy atom. The van der Waals surface area contributed by atoms with Gasteiger partial charge in [-0.1, -0.05) is 113 Å². The molecule has 0 aliphatic carbocycles. The number of fused-ring (bicyclic) bond motifs is 1. The number of aliphatic carboxylic acids is 2. The van der Waals surface area contributed by atoms with Gasteiger partial charge < -0.3 is 52.8 Å². The molecule has 1 aromatic heterocycles. The summed E-state index contributed by atoms with van der Waals surface area (Å²) in [6.07, 6.45) is 1.96. The zero-order chi connectivity index (χ0) is 49.9. The topological polar surface area (TPSA) is 291 Å². The molecule has 0 saturated heterocycles. The summed E-state index contributed by atoms with van der Waals surface area (Å²) >= 11 is 0. The molecule has 0 unspecified atom stereocenters. The molecule has 0 spiro atoms. The molecule has 18 nitrogen and oxygen atoms in total. The van der Waals surface area contributed by atoms with Crippen molar-refractivity contribution in [1.29, 1.82) is 0 Å². The van der Waals surface area contributed by atoms with Gasteiger partial charge in [0.25, 0.3) is 0 Å². The van der Waals surface area contributed by atoms with Crippen LogP contribution < -0.4 is 37.6 Å². The molecule has 0 aliphatic rings. The first-order valence-electron chi connectivity index (χ1n) is 23.0. The number of rotatable bonds is 27. The van der Waals surface area contributed by atoms with Crippen molar-refractivity contribution in [2.45, 2.75) is 122 Å². The van der Waals surface area contributed by atoms with E-state index in [1.165, 1.54) is 6.92 Å². The second-order valence-electron chi connectivity index (χ2n) is 17.5. The van der Waals surface area contributed by atoms with E-state index in [1.807, 2.05) is 60.7 Å². The number of benzene rings is 3. The number of aromatic nitrogens is 1. The van der Waals surface area contributed by atoms with Crippen LogP contribution in [0.4, 0.5) is 0 Å². The molecule has 68 heavy (non-hydrogen) atoms. The van der Waals surface area contributed by atoms with E-state index in [4.69, 9.17) is 5.73 Å². The number of aromatic amines is 1. The number of para-hydroxylation sites is 1. The van der Waals surface area contributed by atoms with Gasteiger partial charge in [-0.15, -0.1) is 0 Å². The van der Waals surface area contributed by atoms with Gasteiger partial charge in [-0.25, -0.2) is 4.79 Å². The highest BCUT2D eigenvalue weighted by Gasteiger charge is 2.37. The van der Waals surface area contributed by atoms with Gasteiger partial charge in [0, 0.05) is 36.4 Å². The molecule has 6 amide bonds. The van der Waals surface area contributed by atoms with E-state index in [9.17, 15) is 48.6 Å². The molecule has 11 N–H and O–H groups in total. The number of nitrogens with one attached hydrogen (secondary N) is 7. The van der Waals surface area contributed by atoms with Gasteiger partial charge in [0.1, 0.15) is 36.3 Å². The number of carbonyl (C=O) groups excluding carboxylic acids is 6. The van der Waals surface area contributed by atoms with Crippen LogP contribution in [0, 0.1) is 11.8 Å². The molecule has 4 aromatic rings. The highest BCUT2D eigenvalue weighted by molar-refractivity contribution is 5.98. The minimum Gasteiger partial charge on any atom is -0.481 e. The number of hydrogen-bond acceptors (Lipinski definition) is 9. The van der Waals surface area contributed by atoms with Crippen LogP contribution in [-0.2, 0) is 44.8 Å². The number of unbranched alkanes of at least 4 members (excludes halogenated alkanes) is 1. The van der Waals surface area contributed by atoms with Crippen molar-refractivity contribution in [2.24, 2.45) is 17.6 Å². The SMILES string of the molecule is CC[C@H](C)[C@H](NC(=O)[C@H](CCCCN)NC(=O)[C@H](CC(=O)O)NC(=O)[C@H](CC(C)C)NC(=O)[C@H](NC(C)=O)C(c1ccccc1)c1ccccc1)C(=O)N[C@@H](Cc1c[nH]c2ccccc12)C(=O)O. The van der Waals surface area contributed by atoms with Crippen LogP contribution in [0.15, 0.2) is 91.1 Å². The van der Waals surface area contributed by atoms with Crippen LogP contribution >= 0.6 is 0 Å². The zero-order valence-corrected chi connectivity index (χ0v) is 39.3. The van der Waals surface area contributed by atoms with Gasteiger partial charge >= 0.3 is 11.9 Å². The van der Waals surface area contributed by atoms with Crippen molar-refractivity contribution in [3.63, 3.8) is 0 Å². The summed E-state index contributed by atoms with van der Waals surface area (Å²) in [6, 6.07) is 17.2. The number of hydrogen-bond donors (Lipinski definition) is 10. The summed E-state index contributed by atoms with van der Waals surface area (Å²) in [5.74, 6) is -8.82. The van der Waals surface area contributed by atoms with E-state index >= 15 is 0 Å². The van der Waals surface area contributed by atoms with Crippen molar-refractivity contribution in [3.8, 4) is 0 Å². The fourth-order valence-electron chi connectivity index (χ4n) is 8.01. The van der Waals surface area contributed by atoms with Crippen molar-refractivity contribution in [2.75, 3.05) is 6.54 Å². The molecule has 0 fully saturated rings. The van der Waals surface area contributed by atoms with Crippen molar-refractivity contribution in [1.82, 2.24) is 36.9 Å². The van der Waals surface area contributed by atoms with Crippen molar-refractivity contribution >= 4 is 58.3 Å². The van der Waals surface area contributed by atoms with Gasteiger partial charge in [-0.05, 0) is 66.8 Å². The fraction of sp³-hybridized carbons (Fsp3) is 0.440. The average Bonchev–Trinajstić information content (AvgIpc) is 3.71. The monoisotopic (exact) mass is 938 g/mol. The largest absolute Gasteiger partial charge is 0.481 e. The van der Waals surface area contributed by atoms with Crippen molar-refractivity contribution in [3.05, 3.63) is 108 Å². The number of carbonyl (C=O) groups is 8. The van der Waals surface area contributed by atoms with Crippen LogP contribution in [0.5, 0.6) is 0 Å². The van der Waals surface area contributed by atoms with Gasteiger partial charge in [-0.3, -0.25) is 33.6 Å². The van der Waals surface area contributed by atoms with Crippen LogP contribution in [0.3, 0.4) is 0 Å². The molecule has 0 saturated carbocycles. The highest BCUT2D eigenvalue weighted by Crippen LogP contribution is 2.29. The molecule has 7 atom stereocenters. The minimum atomic E-state index is -1.74. The Morgan fingerprint density at radius 1 is 0.618 bits per heavy atom. The quantitative estimate of drug-likeness (QED) is 0.0387. The Morgan fingerprint density at radius 3 is 1.71 bits per heavy atom. The maximum Gasteiger partial charge on any atom is 0.326 e. The Hall–Kier alpha value is -7.08. The second-order valence-corrected chi connectivity index (χ2v) is 17.5. The minimum absolute atomic E-state index is 0.0102. The zero-order valence-electron chi connectivity index (χ0n) is 39.3. The van der Waals surface area contributed by atoms with E-state index in [-0.39, 0.29) is 31.7 Å². The third kappa shape index (κ3) is 15.8. The van der Waals surface area contributed by atoms with E-state index in [1.54, 1.807) is 58.2 Å². The first kappa shape index (κ1) is 53.5. The molecule has 366 valence electrons. The van der Waals surface area contributed by atoms with E-state index in [0.29, 0.717) is 36.0 Å². The number of H-pyrrole nitrogens is 1. The summed E-state index contributed by atoms with van der Waals surface area (Å²) in [6.45, 7) is 8.63. The summed E-state index contributed by atoms with van der Waals surface area (Å²) in [7, 11) is 0. The summed E-state index contributed by atoms with van der Waals surface area (Å²) in [5.41, 5.74) is 8.62. The lowest BCUT2D eigenvalue weighted by atomic mass is 9.84. The molecule has 18 heteroatoms. The maximum absolute atomic E-state index is 14.3. The summed E-state index contributed by atoms with van der Waals surface area (Å²) in [4.78, 5) is 111. The lowest BCUT2D eigenvalue weighted by molar-refractivity contribution is -0.142. The van der Waals surface area contributed by atoms with Gasteiger partial charge in [0.15, 0.2) is 0 Å². The molecule has 0 bridgehead atoms. The smallest absolute Gasteiger partial charge is 0.326 e. The number of amides is 6. The molecular formula is C50H66N8O10. The third-order valence-electron chi connectivity index (χ3n) is 11.7. The molecular weight excluding hydrogens is 873 g/mol. The maximum atomic E-state index is 14.3. The Bertz CT molecular complexity index is 2300. The molecule has 1 heterocycles. The predicted molar refractivity (Wildman–Crippen MR) is 256 cm³/mol. The highest BCUT2D eigenvalue weighted by atomic mass is 16.4. The second kappa shape index (κ2) is 26.3. The molecule has 0 aliphatic heterocycles. The average molecular weight is 939 g/mol. The molecule has 4 rings (SSSR count). The molecule has 0 radical (unpaired) electrons. The Balaban J connectivity index is 1.56. The van der Waals surface area contributed by atoms with Crippen molar-refractivity contribution < 1.29 is 48.6 Å². The number of carboxylic acids is 2. The van der Waals surface area contributed by atoms with E-state index in [2.05, 4.69) is 36.9 Å². The summed E-state index contributed by atoms with van der Waals surface area (Å²) in [5, 5.41) is 36.7. The number of carboxylic acid groups (broad SMARTS) is 2. The summed E-state index contributed by atoms with van der Waals surface area (Å²) < 4.78 is 0. The van der Waals surface area contributed by atoms with Crippen LogP contribution in [-0.4, -0.2) is 105 Å². The van der Waals surface area contributed by atoms with E-state index in [0.717, 1.165) is 10.9 Å². The first-order valence-corrected chi connectivity index (χ1v) is 23.0. The molecule has 3 aromatic carbocycles. The standard InChI is InChI=1S/C50H66N8O10/c1-6-30(4)43(48(65)57-40(50(67)68)26-34-28-52-36-22-14-13-21-35(34)36)58-45(62)37(23-15-16-24-51)54-47(64)39(27-41(60)61)55-46(63)38(25-29(2)3)56-49(66)44(53-31(5)59)42(32-17-9-7-10-18-32)33-19-11-8-12-20-33/h7-14,17-22,28-30,37-40,42-44,52H,6,15-16,23-27,51H2,1-5H3,(H,53,59)(H,54,64)(H,55,63)(H,56,66)(H,57,65)(H,58,62)(H,60,61)(H,67,68)/t30-,37-,38-,39-,40-,43-,44+/m0/s1. The third-order valence-corrected chi connectivity index (χ3v) is 11.7.